The van der Waals surface area contributed by atoms with Gasteiger partial charge in [0.15, 0.2) is 6.10 Å². The van der Waals surface area contributed by atoms with Gasteiger partial charge < -0.3 is 14.2 Å². The van der Waals surface area contributed by atoms with Crippen molar-refractivity contribution in [1.82, 2.24) is 0 Å². The first-order valence-electron chi connectivity index (χ1n) is 30.7. The predicted molar refractivity (Wildman–Crippen MR) is 325 cm³/mol. The van der Waals surface area contributed by atoms with Gasteiger partial charge in [-0.3, -0.25) is 14.4 Å². The third-order valence-corrected chi connectivity index (χ3v) is 12.6. The molecule has 0 aliphatic carbocycles. The summed E-state index contributed by atoms with van der Waals surface area (Å²) in [6.45, 7) is 6.33. The normalized spacial score (nSPS) is 13.1. The minimum absolute atomic E-state index is 0.112. The predicted octanol–water partition coefficient (Wildman–Crippen LogP) is 21.0. The maximum absolute atomic E-state index is 12.9. The van der Waals surface area contributed by atoms with Crippen molar-refractivity contribution >= 4 is 17.9 Å². The van der Waals surface area contributed by atoms with Crippen molar-refractivity contribution in [2.24, 2.45) is 0 Å². The van der Waals surface area contributed by atoms with E-state index < -0.39 is 6.10 Å². The van der Waals surface area contributed by atoms with E-state index in [1.807, 2.05) is 6.08 Å². The van der Waals surface area contributed by atoms with Crippen molar-refractivity contribution in [1.29, 1.82) is 0 Å². The van der Waals surface area contributed by atoms with Crippen LogP contribution in [-0.2, 0) is 28.6 Å². The Hall–Kier alpha value is -4.45. The van der Waals surface area contributed by atoms with Gasteiger partial charge in [0, 0.05) is 19.3 Å². The molecule has 424 valence electrons. The van der Waals surface area contributed by atoms with Gasteiger partial charge in [-0.1, -0.05) is 257 Å². The van der Waals surface area contributed by atoms with E-state index in [-0.39, 0.29) is 37.5 Å². The fraction of sp³-hybridized carbons (Fsp3) is 0.638. The molecule has 0 bridgehead atoms. The molecule has 0 rings (SSSR count). The first-order valence-corrected chi connectivity index (χ1v) is 30.7. The highest BCUT2D eigenvalue weighted by molar-refractivity contribution is 5.71. The largest absolute Gasteiger partial charge is 0.462 e. The molecule has 6 heteroatoms. The van der Waals surface area contributed by atoms with E-state index in [0.717, 1.165) is 116 Å². The van der Waals surface area contributed by atoms with Gasteiger partial charge in [0.05, 0.1) is 0 Å². The first kappa shape index (κ1) is 70.5. The van der Waals surface area contributed by atoms with Crippen LogP contribution in [0.2, 0.25) is 0 Å². The maximum Gasteiger partial charge on any atom is 0.306 e. The van der Waals surface area contributed by atoms with Crippen molar-refractivity contribution in [3.05, 3.63) is 134 Å². The number of ether oxygens (including phenoxy) is 3. The molecule has 0 fully saturated rings. The van der Waals surface area contributed by atoms with Crippen LogP contribution in [0.5, 0.6) is 0 Å². The number of carbonyl (C=O) groups excluding carboxylic acids is 3. The molecule has 0 aliphatic rings. The summed E-state index contributed by atoms with van der Waals surface area (Å²) in [7, 11) is 0. The van der Waals surface area contributed by atoms with Crippen molar-refractivity contribution in [2.45, 2.75) is 271 Å². The Morgan fingerprint density at radius 3 is 0.907 bits per heavy atom. The summed E-state index contributed by atoms with van der Waals surface area (Å²) in [5.74, 6) is -1.01. The van der Waals surface area contributed by atoms with E-state index in [4.69, 9.17) is 14.2 Å². The molecule has 6 nitrogen and oxygen atoms in total. The standard InChI is InChI=1S/C69H112O6/c1-4-7-10-13-16-19-22-25-27-29-31-32-33-34-35-36-38-39-41-44-47-50-53-56-59-62-68(71)74-65-66(64-73-67(70)61-58-55-52-49-46-43-24-21-18-15-12-9-6-3)75-69(72)63-60-57-54-51-48-45-42-40-37-30-28-26-23-20-17-14-11-8-5-2/h7,9-10,12,16,18-19,21,25-28,31-32,34-35,38-39,43,46,52,55,66H,4-6,8,11,13-15,17,20,22-24,29-30,33,36-37,40-42,44-45,47-51,53-54,56-65H2,1-3H3/b10-7-,12-9-,19-16-,21-18-,27-25-,28-26-,32-31-,35-34-,39-38-,46-43-,55-52-. The van der Waals surface area contributed by atoms with Crippen LogP contribution in [0.1, 0.15) is 265 Å². The summed E-state index contributed by atoms with van der Waals surface area (Å²) in [5, 5.41) is 0. The van der Waals surface area contributed by atoms with Gasteiger partial charge in [-0.2, -0.15) is 0 Å². The fourth-order valence-electron chi connectivity index (χ4n) is 8.10. The Labute approximate surface area is 462 Å². The third-order valence-electron chi connectivity index (χ3n) is 12.6. The minimum atomic E-state index is -0.820. The first-order chi connectivity index (χ1) is 37.0. The van der Waals surface area contributed by atoms with Gasteiger partial charge in [-0.15, -0.1) is 0 Å². The van der Waals surface area contributed by atoms with Crippen LogP contribution in [-0.4, -0.2) is 37.2 Å². The lowest BCUT2D eigenvalue weighted by Crippen LogP contribution is -2.30. The minimum Gasteiger partial charge on any atom is -0.462 e. The summed E-state index contributed by atoms with van der Waals surface area (Å²) >= 11 is 0. The van der Waals surface area contributed by atoms with Gasteiger partial charge in [0.25, 0.3) is 0 Å². The topological polar surface area (TPSA) is 78.9 Å². The van der Waals surface area contributed by atoms with Crippen LogP contribution in [0.25, 0.3) is 0 Å². The van der Waals surface area contributed by atoms with E-state index in [0.29, 0.717) is 19.3 Å². The summed E-state index contributed by atoms with van der Waals surface area (Å²) in [6.07, 6.45) is 87.5. The third kappa shape index (κ3) is 60.3. The van der Waals surface area contributed by atoms with E-state index in [2.05, 4.69) is 148 Å². The SMILES string of the molecule is CC/C=C\C/C=C\C/C=C\C/C=C\C/C=C\C/C=C\CCCCCCCCC(=O)OCC(COC(=O)CC/C=C\C/C=C\C/C=C\C/C=C\CC)OC(=O)CCCCCCCCCCC/C=C\CCCCCCCC. The second kappa shape index (κ2) is 62.1. The van der Waals surface area contributed by atoms with Crippen molar-refractivity contribution in [3.63, 3.8) is 0 Å². The molecule has 0 spiro atoms. The number of allylic oxidation sites excluding steroid dienone is 22. The average molecular weight is 1040 g/mol. The number of hydrogen-bond acceptors (Lipinski definition) is 6. The molecule has 0 amide bonds. The number of hydrogen-bond donors (Lipinski definition) is 0. The van der Waals surface area contributed by atoms with Gasteiger partial charge in [0.2, 0.25) is 0 Å². The van der Waals surface area contributed by atoms with Crippen molar-refractivity contribution in [3.8, 4) is 0 Å². The number of unbranched alkanes of at least 4 members (excludes halogenated alkanes) is 21. The molecule has 1 atom stereocenters. The molecule has 0 aromatic carbocycles. The monoisotopic (exact) mass is 1040 g/mol. The molecule has 0 N–H and O–H groups in total. The second-order valence-electron chi connectivity index (χ2n) is 19.8. The Balaban J connectivity index is 4.44. The van der Waals surface area contributed by atoms with Crippen LogP contribution >= 0.6 is 0 Å². The highest BCUT2D eigenvalue weighted by atomic mass is 16.6. The lowest BCUT2D eigenvalue weighted by molar-refractivity contribution is -0.166. The summed E-state index contributed by atoms with van der Waals surface area (Å²) in [5.41, 5.74) is 0. The van der Waals surface area contributed by atoms with Gasteiger partial charge in [-0.05, 0) is 122 Å². The molecular weight excluding hydrogens is 925 g/mol. The summed E-state index contributed by atoms with van der Waals surface area (Å²) < 4.78 is 16.8. The van der Waals surface area contributed by atoms with E-state index in [1.54, 1.807) is 0 Å². The van der Waals surface area contributed by atoms with Gasteiger partial charge in [-0.25, -0.2) is 0 Å². The summed E-state index contributed by atoms with van der Waals surface area (Å²) in [6, 6.07) is 0. The smallest absolute Gasteiger partial charge is 0.306 e. The zero-order valence-electron chi connectivity index (χ0n) is 48.5. The molecule has 0 radical (unpaired) electrons. The van der Waals surface area contributed by atoms with E-state index in [9.17, 15) is 14.4 Å². The van der Waals surface area contributed by atoms with Crippen LogP contribution in [0.3, 0.4) is 0 Å². The molecule has 0 aromatic rings. The van der Waals surface area contributed by atoms with E-state index in [1.165, 1.54) is 103 Å². The van der Waals surface area contributed by atoms with Crippen LogP contribution in [0.15, 0.2) is 134 Å². The molecular formula is C69H112O6. The Bertz CT molecular complexity index is 1620. The molecule has 0 heterocycles. The van der Waals surface area contributed by atoms with Crippen LogP contribution in [0, 0.1) is 0 Å². The second-order valence-corrected chi connectivity index (χ2v) is 19.8. The number of rotatable bonds is 54. The van der Waals surface area contributed by atoms with Crippen molar-refractivity contribution in [2.75, 3.05) is 13.2 Å². The van der Waals surface area contributed by atoms with E-state index >= 15 is 0 Å². The van der Waals surface area contributed by atoms with Crippen LogP contribution < -0.4 is 0 Å². The zero-order valence-corrected chi connectivity index (χ0v) is 48.5. The molecule has 0 saturated heterocycles. The zero-order chi connectivity index (χ0) is 54.3. The Kier molecular flexibility index (Phi) is 58.4. The molecule has 0 aliphatic heterocycles. The highest BCUT2D eigenvalue weighted by Gasteiger charge is 2.19. The summed E-state index contributed by atoms with van der Waals surface area (Å²) in [4.78, 5) is 38.2. The molecule has 0 aromatic heterocycles. The van der Waals surface area contributed by atoms with Gasteiger partial charge >= 0.3 is 17.9 Å². The maximum atomic E-state index is 12.9. The average Bonchev–Trinajstić information content (AvgIpc) is 3.41. The van der Waals surface area contributed by atoms with Crippen LogP contribution in [0.4, 0.5) is 0 Å². The van der Waals surface area contributed by atoms with Gasteiger partial charge in [0.1, 0.15) is 13.2 Å². The Morgan fingerprint density at radius 1 is 0.280 bits per heavy atom. The fourth-order valence-corrected chi connectivity index (χ4v) is 8.10. The molecule has 0 saturated carbocycles. The van der Waals surface area contributed by atoms with Crippen molar-refractivity contribution < 1.29 is 28.6 Å². The number of esters is 3. The lowest BCUT2D eigenvalue weighted by atomic mass is 10.1. The number of carbonyl (C=O) groups is 3. The lowest BCUT2D eigenvalue weighted by Gasteiger charge is -2.18. The quantitative estimate of drug-likeness (QED) is 0.0261. The molecule has 1 unspecified atom stereocenters. The molecule has 75 heavy (non-hydrogen) atoms. The highest BCUT2D eigenvalue weighted by Crippen LogP contribution is 2.15. The Morgan fingerprint density at radius 2 is 0.547 bits per heavy atom.